The van der Waals surface area contributed by atoms with Gasteiger partial charge in [-0.2, -0.15) is 5.10 Å². The van der Waals surface area contributed by atoms with E-state index in [2.05, 4.69) is 25.5 Å². The molecule has 7 heteroatoms. The van der Waals surface area contributed by atoms with Crippen LogP contribution in [0.4, 0.5) is 0 Å². The van der Waals surface area contributed by atoms with Crippen LogP contribution >= 0.6 is 11.3 Å². The van der Waals surface area contributed by atoms with Crippen molar-refractivity contribution >= 4 is 17.2 Å². The Balaban J connectivity index is 1.81. The molecule has 0 aliphatic carbocycles. The number of aryl methyl sites for hydroxylation is 1. The van der Waals surface area contributed by atoms with E-state index in [1.807, 2.05) is 6.92 Å². The number of aromatic amines is 1. The fourth-order valence-corrected chi connectivity index (χ4v) is 3.60. The van der Waals surface area contributed by atoms with Gasteiger partial charge in [0.25, 0.3) is 5.91 Å². The van der Waals surface area contributed by atoms with Gasteiger partial charge in [-0.25, -0.2) is 4.98 Å². The first-order valence-corrected chi connectivity index (χ1v) is 8.34. The summed E-state index contributed by atoms with van der Waals surface area (Å²) in [7, 11) is 3.53. The molecule has 1 aliphatic rings. The number of likely N-dealkylation sites (tertiary alicyclic amines) is 1. The number of carbonyl (C=O) groups is 1. The maximum atomic E-state index is 12.3. The average Bonchev–Trinajstić information content (AvgIpc) is 3.18. The van der Waals surface area contributed by atoms with Crippen LogP contribution in [0.2, 0.25) is 0 Å². The van der Waals surface area contributed by atoms with Crippen molar-refractivity contribution in [2.45, 2.75) is 32.4 Å². The molecule has 6 nitrogen and oxygen atoms in total. The molecule has 118 valence electrons. The zero-order valence-electron chi connectivity index (χ0n) is 13.2. The van der Waals surface area contributed by atoms with Gasteiger partial charge in [0.2, 0.25) is 0 Å². The Morgan fingerprint density at radius 1 is 1.55 bits per heavy atom. The quantitative estimate of drug-likeness (QED) is 0.938. The summed E-state index contributed by atoms with van der Waals surface area (Å²) < 4.78 is 0. The first-order chi connectivity index (χ1) is 10.6. The van der Waals surface area contributed by atoms with Crippen molar-refractivity contribution in [2.24, 2.45) is 0 Å². The number of H-pyrrole nitrogens is 1. The lowest BCUT2D eigenvalue weighted by molar-refractivity contribution is 0.0824. The minimum atomic E-state index is 0.0000952. The van der Waals surface area contributed by atoms with Gasteiger partial charge in [-0.1, -0.05) is 0 Å². The van der Waals surface area contributed by atoms with Crippen molar-refractivity contribution in [3.05, 3.63) is 33.5 Å². The van der Waals surface area contributed by atoms with Gasteiger partial charge in [-0.15, -0.1) is 11.3 Å². The lowest BCUT2D eigenvalue weighted by Crippen LogP contribution is -2.27. The van der Waals surface area contributed by atoms with Crippen LogP contribution in [0.25, 0.3) is 0 Å². The second kappa shape index (κ2) is 6.18. The highest BCUT2D eigenvalue weighted by atomic mass is 32.1. The van der Waals surface area contributed by atoms with Crippen molar-refractivity contribution in [2.75, 3.05) is 20.6 Å². The molecule has 1 fully saturated rings. The molecule has 2 aromatic heterocycles. The van der Waals surface area contributed by atoms with Gasteiger partial charge in [0.15, 0.2) is 0 Å². The number of carbonyl (C=O) groups excluding carboxylic acids is 1. The molecule has 0 saturated carbocycles. The Morgan fingerprint density at radius 2 is 2.36 bits per heavy atom. The molecule has 1 saturated heterocycles. The number of hydrogen-bond acceptors (Lipinski definition) is 5. The molecule has 1 N–H and O–H groups in total. The molecule has 0 spiro atoms. The third kappa shape index (κ3) is 2.91. The molecule has 0 bridgehead atoms. The fourth-order valence-electron chi connectivity index (χ4n) is 2.99. The van der Waals surface area contributed by atoms with E-state index < -0.39 is 0 Å². The van der Waals surface area contributed by atoms with Crippen molar-refractivity contribution in [1.29, 1.82) is 0 Å². The van der Waals surface area contributed by atoms with Gasteiger partial charge in [0.1, 0.15) is 0 Å². The maximum Gasteiger partial charge on any atom is 0.256 e. The highest BCUT2D eigenvalue weighted by Crippen LogP contribution is 2.34. The van der Waals surface area contributed by atoms with Crippen molar-refractivity contribution in [3.63, 3.8) is 0 Å². The molecule has 1 aliphatic heterocycles. The van der Waals surface area contributed by atoms with E-state index in [-0.39, 0.29) is 11.9 Å². The SMILES string of the molecule is Cc1nc(CN2CCC[C@H]2c2[nH]ncc2C(=O)N(C)C)cs1. The molecule has 0 unspecified atom stereocenters. The van der Waals surface area contributed by atoms with Gasteiger partial charge in [0, 0.05) is 26.0 Å². The second-order valence-electron chi connectivity index (χ2n) is 5.88. The zero-order valence-corrected chi connectivity index (χ0v) is 14.0. The molecular weight excluding hydrogens is 298 g/mol. The monoisotopic (exact) mass is 319 g/mol. The molecule has 0 radical (unpaired) electrons. The normalized spacial score (nSPS) is 18.8. The van der Waals surface area contributed by atoms with Crippen LogP contribution in [0.3, 0.4) is 0 Å². The van der Waals surface area contributed by atoms with E-state index in [4.69, 9.17) is 0 Å². The molecule has 1 amide bonds. The summed E-state index contributed by atoms with van der Waals surface area (Å²) in [6.45, 7) is 3.87. The molecule has 3 heterocycles. The second-order valence-corrected chi connectivity index (χ2v) is 6.95. The van der Waals surface area contributed by atoms with E-state index in [9.17, 15) is 4.79 Å². The summed E-state index contributed by atoms with van der Waals surface area (Å²) in [6.07, 6.45) is 3.81. The summed E-state index contributed by atoms with van der Waals surface area (Å²) in [6, 6.07) is 0.211. The molecule has 3 rings (SSSR count). The summed E-state index contributed by atoms with van der Waals surface area (Å²) in [5.41, 5.74) is 2.72. The maximum absolute atomic E-state index is 12.3. The Kier molecular flexibility index (Phi) is 4.26. The largest absolute Gasteiger partial charge is 0.345 e. The first kappa shape index (κ1) is 15.2. The Morgan fingerprint density at radius 3 is 3.05 bits per heavy atom. The highest BCUT2D eigenvalue weighted by molar-refractivity contribution is 7.09. The average molecular weight is 319 g/mol. The topological polar surface area (TPSA) is 65.1 Å². The number of amides is 1. The van der Waals surface area contributed by atoms with Crippen LogP contribution < -0.4 is 0 Å². The summed E-state index contributed by atoms with van der Waals surface area (Å²) >= 11 is 1.68. The lowest BCUT2D eigenvalue weighted by Gasteiger charge is -2.24. The minimum absolute atomic E-state index is 0.0000952. The minimum Gasteiger partial charge on any atom is -0.345 e. The Bertz CT molecular complexity index is 662. The van der Waals surface area contributed by atoms with Crippen LogP contribution in [0.15, 0.2) is 11.6 Å². The van der Waals surface area contributed by atoms with Crippen LogP contribution in [-0.4, -0.2) is 51.5 Å². The van der Waals surface area contributed by atoms with E-state index in [1.165, 1.54) is 0 Å². The molecule has 2 aromatic rings. The van der Waals surface area contributed by atoms with Gasteiger partial charge in [-0.3, -0.25) is 14.8 Å². The molecule has 22 heavy (non-hydrogen) atoms. The predicted molar refractivity (Wildman–Crippen MR) is 85.8 cm³/mol. The van der Waals surface area contributed by atoms with Crippen molar-refractivity contribution < 1.29 is 4.79 Å². The standard InChI is InChI=1S/C15H21N5OS/c1-10-17-11(9-22-10)8-20-6-4-5-13(20)14-12(7-16-18-14)15(21)19(2)3/h7,9,13H,4-6,8H2,1-3H3,(H,16,18)/t13-/m0/s1. The highest BCUT2D eigenvalue weighted by Gasteiger charge is 2.31. The molecule has 1 atom stereocenters. The van der Waals surface area contributed by atoms with Crippen LogP contribution in [0, 0.1) is 6.92 Å². The number of aromatic nitrogens is 3. The summed E-state index contributed by atoms with van der Waals surface area (Å²) in [4.78, 5) is 20.8. The first-order valence-electron chi connectivity index (χ1n) is 7.46. The lowest BCUT2D eigenvalue weighted by atomic mass is 10.1. The van der Waals surface area contributed by atoms with Gasteiger partial charge < -0.3 is 4.90 Å². The fraction of sp³-hybridized carbons (Fsp3) is 0.533. The zero-order chi connectivity index (χ0) is 15.7. The molecule has 0 aromatic carbocycles. The third-order valence-corrected chi connectivity index (χ3v) is 4.86. The summed E-state index contributed by atoms with van der Waals surface area (Å²) in [5, 5.41) is 10.4. The van der Waals surface area contributed by atoms with Crippen LogP contribution in [0.1, 0.15) is 45.6 Å². The van der Waals surface area contributed by atoms with Crippen LogP contribution in [0.5, 0.6) is 0 Å². The van der Waals surface area contributed by atoms with E-state index in [0.29, 0.717) is 5.56 Å². The van der Waals surface area contributed by atoms with E-state index >= 15 is 0 Å². The third-order valence-electron chi connectivity index (χ3n) is 4.03. The van der Waals surface area contributed by atoms with Crippen molar-refractivity contribution in [1.82, 2.24) is 25.0 Å². The number of nitrogens with one attached hydrogen (secondary N) is 1. The summed E-state index contributed by atoms with van der Waals surface area (Å²) in [5.74, 6) is 0.0000952. The van der Waals surface area contributed by atoms with Gasteiger partial charge in [0.05, 0.1) is 34.2 Å². The Labute approximate surface area is 134 Å². The smallest absolute Gasteiger partial charge is 0.256 e. The van der Waals surface area contributed by atoms with E-state index in [0.717, 1.165) is 42.3 Å². The van der Waals surface area contributed by atoms with Crippen LogP contribution in [-0.2, 0) is 6.54 Å². The van der Waals surface area contributed by atoms with Gasteiger partial charge >= 0.3 is 0 Å². The van der Waals surface area contributed by atoms with Crippen molar-refractivity contribution in [3.8, 4) is 0 Å². The number of thiazole rings is 1. The number of hydrogen-bond donors (Lipinski definition) is 1. The Hall–Kier alpha value is -1.73. The molecular formula is C15H21N5OS. The number of rotatable bonds is 4. The predicted octanol–water partition coefficient (Wildman–Crippen LogP) is 2.21. The van der Waals surface area contributed by atoms with Gasteiger partial charge in [-0.05, 0) is 26.3 Å². The number of nitrogens with zero attached hydrogens (tertiary/aromatic N) is 4. The van der Waals surface area contributed by atoms with E-state index in [1.54, 1.807) is 36.5 Å².